The zero-order valence-electron chi connectivity index (χ0n) is 16.7. The summed E-state index contributed by atoms with van der Waals surface area (Å²) in [5, 5.41) is 5.52. The summed E-state index contributed by atoms with van der Waals surface area (Å²) in [6.45, 7) is 2.01. The summed E-state index contributed by atoms with van der Waals surface area (Å²) >= 11 is 0. The van der Waals surface area contributed by atoms with Gasteiger partial charge in [0.05, 0.1) is 5.56 Å². The van der Waals surface area contributed by atoms with Crippen molar-refractivity contribution in [3.63, 3.8) is 0 Å². The largest absolute Gasteiger partial charge is 0.483 e. The highest BCUT2D eigenvalue weighted by molar-refractivity contribution is 5.97. The second-order valence-electron chi connectivity index (χ2n) is 6.81. The van der Waals surface area contributed by atoms with E-state index < -0.39 is 0 Å². The van der Waals surface area contributed by atoms with Gasteiger partial charge in [0.2, 0.25) is 0 Å². The molecule has 2 N–H and O–H groups in total. The van der Waals surface area contributed by atoms with Crippen molar-refractivity contribution in [2.45, 2.75) is 20.0 Å². The lowest BCUT2D eigenvalue weighted by Gasteiger charge is -2.12. The lowest BCUT2D eigenvalue weighted by molar-refractivity contribution is -0.123. The molecule has 0 radical (unpaired) electrons. The summed E-state index contributed by atoms with van der Waals surface area (Å²) < 4.78 is 19.1. The van der Waals surface area contributed by atoms with Crippen molar-refractivity contribution in [3.8, 4) is 5.75 Å². The summed E-state index contributed by atoms with van der Waals surface area (Å²) in [7, 11) is 0. The van der Waals surface area contributed by atoms with Crippen LogP contribution in [0, 0.1) is 12.7 Å². The first kappa shape index (κ1) is 21.0. The van der Waals surface area contributed by atoms with E-state index in [9.17, 15) is 14.0 Å². The predicted octanol–water partition coefficient (Wildman–Crippen LogP) is 3.76. The number of nitrogens with one attached hydrogen (secondary N) is 2. The molecule has 30 heavy (non-hydrogen) atoms. The molecule has 0 heterocycles. The Balaban J connectivity index is 1.53. The molecule has 0 bridgehead atoms. The molecule has 0 aliphatic heterocycles. The number of hydrogen-bond donors (Lipinski definition) is 2. The maximum atomic E-state index is 13.6. The molecule has 0 saturated heterocycles. The van der Waals surface area contributed by atoms with Crippen molar-refractivity contribution in [2.75, 3.05) is 6.61 Å². The topological polar surface area (TPSA) is 67.4 Å². The molecule has 5 nitrogen and oxygen atoms in total. The zero-order valence-corrected chi connectivity index (χ0v) is 16.7. The molecular formula is C24H23FN2O3. The summed E-state index contributed by atoms with van der Waals surface area (Å²) in [5.41, 5.74) is 2.54. The fourth-order valence-electron chi connectivity index (χ4n) is 2.79. The van der Waals surface area contributed by atoms with Gasteiger partial charge in [0.15, 0.2) is 6.61 Å². The van der Waals surface area contributed by atoms with Crippen molar-refractivity contribution in [1.82, 2.24) is 10.6 Å². The molecule has 2 amide bonds. The minimum Gasteiger partial charge on any atom is -0.483 e. The third kappa shape index (κ3) is 5.91. The number of hydrogen-bond acceptors (Lipinski definition) is 3. The van der Waals surface area contributed by atoms with Crippen LogP contribution in [0.5, 0.6) is 5.75 Å². The normalized spacial score (nSPS) is 10.3. The smallest absolute Gasteiger partial charge is 0.258 e. The first-order valence-corrected chi connectivity index (χ1v) is 9.58. The SMILES string of the molecule is Cc1ccc(CNC(=O)COc2ccccc2C(=O)NCc2ccccc2)cc1F. The molecule has 154 valence electrons. The van der Waals surface area contributed by atoms with Crippen LogP contribution < -0.4 is 15.4 Å². The van der Waals surface area contributed by atoms with Gasteiger partial charge < -0.3 is 15.4 Å². The van der Waals surface area contributed by atoms with E-state index in [2.05, 4.69) is 10.6 Å². The van der Waals surface area contributed by atoms with Crippen LogP contribution in [-0.2, 0) is 17.9 Å². The Morgan fingerprint density at radius 1 is 0.867 bits per heavy atom. The van der Waals surface area contributed by atoms with Crippen molar-refractivity contribution in [1.29, 1.82) is 0 Å². The molecule has 0 aliphatic carbocycles. The second-order valence-corrected chi connectivity index (χ2v) is 6.81. The van der Waals surface area contributed by atoms with Crippen LogP contribution in [0.4, 0.5) is 4.39 Å². The number of benzene rings is 3. The van der Waals surface area contributed by atoms with Gasteiger partial charge in [-0.15, -0.1) is 0 Å². The van der Waals surface area contributed by atoms with Crippen LogP contribution >= 0.6 is 0 Å². The molecule has 0 aromatic heterocycles. The third-order valence-electron chi connectivity index (χ3n) is 4.51. The molecule has 6 heteroatoms. The van der Waals surface area contributed by atoms with E-state index in [1.807, 2.05) is 30.3 Å². The van der Waals surface area contributed by atoms with Crippen LogP contribution in [-0.4, -0.2) is 18.4 Å². The summed E-state index contributed by atoms with van der Waals surface area (Å²) in [6, 6.07) is 21.1. The van der Waals surface area contributed by atoms with Crippen molar-refractivity contribution in [3.05, 3.63) is 101 Å². The number of carbonyl (C=O) groups is 2. The van der Waals surface area contributed by atoms with E-state index in [0.717, 1.165) is 5.56 Å². The van der Waals surface area contributed by atoms with Gasteiger partial charge in [-0.3, -0.25) is 9.59 Å². The fourth-order valence-corrected chi connectivity index (χ4v) is 2.79. The highest BCUT2D eigenvalue weighted by atomic mass is 19.1. The molecule has 0 atom stereocenters. The van der Waals surface area contributed by atoms with E-state index in [0.29, 0.717) is 29.0 Å². The molecule has 0 fully saturated rings. The Kier molecular flexibility index (Phi) is 7.16. The van der Waals surface area contributed by atoms with Crippen molar-refractivity contribution >= 4 is 11.8 Å². The number of amides is 2. The van der Waals surface area contributed by atoms with Crippen LogP contribution in [0.2, 0.25) is 0 Å². The average Bonchev–Trinajstić information content (AvgIpc) is 2.77. The van der Waals surface area contributed by atoms with E-state index in [4.69, 9.17) is 4.74 Å². The first-order valence-electron chi connectivity index (χ1n) is 9.58. The lowest BCUT2D eigenvalue weighted by atomic mass is 10.1. The highest BCUT2D eigenvalue weighted by Crippen LogP contribution is 2.18. The monoisotopic (exact) mass is 406 g/mol. The van der Waals surface area contributed by atoms with Crippen LogP contribution in [0.25, 0.3) is 0 Å². The average molecular weight is 406 g/mol. The molecule has 0 aliphatic rings. The maximum Gasteiger partial charge on any atom is 0.258 e. The van der Waals surface area contributed by atoms with Crippen LogP contribution in [0.1, 0.15) is 27.0 Å². The minimum atomic E-state index is -0.365. The quantitative estimate of drug-likeness (QED) is 0.599. The van der Waals surface area contributed by atoms with E-state index in [1.165, 1.54) is 6.07 Å². The Hall–Kier alpha value is -3.67. The Labute approximate surface area is 174 Å². The fraction of sp³-hybridized carbons (Fsp3) is 0.167. The zero-order chi connectivity index (χ0) is 21.3. The number of ether oxygens (including phenoxy) is 1. The van der Waals surface area contributed by atoms with E-state index in [-0.39, 0.29) is 30.8 Å². The van der Waals surface area contributed by atoms with Gasteiger partial charge in [-0.25, -0.2) is 4.39 Å². The van der Waals surface area contributed by atoms with Gasteiger partial charge in [0.1, 0.15) is 11.6 Å². The Bertz CT molecular complexity index is 1020. The standard InChI is InChI=1S/C24H23FN2O3/c1-17-11-12-19(13-21(17)25)15-26-23(28)16-30-22-10-6-5-9-20(22)24(29)27-14-18-7-3-2-4-8-18/h2-13H,14-16H2,1H3,(H,26,28)(H,27,29). The van der Waals surface area contributed by atoms with Gasteiger partial charge in [-0.2, -0.15) is 0 Å². The van der Waals surface area contributed by atoms with Crippen molar-refractivity contribution in [2.24, 2.45) is 0 Å². The van der Waals surface area contributed by atoms with Gasteiger partial charge in [0, 0.05) is 13.1 Å². The number of halogens is 1. The predicted molar refractivity (Wildman–Crippen MR) is 113 cm³/mol. The molecule has 0 unspecified atom stereocenters. The number of rotatable bonds is 8. The molecular weight excluding hydrogens is 383 g/mol. The first-order chi connectivity index (χ1) is 14.5. The minimum absolute atomic E-state index is 0.193. The maximum absolute atomic E-state index is 13.6. The Morgan fingerprint density at radius 3 is 2.33 bits per heavy atom. The van der Waals surface area contributed by atoms with Crippen LogP contribution in [0.15, 0.2) is 72.8 Å². The summed E-state index contributed by atoms with van der Waals surface area (Å²) in [4.78, 5) is 24.6. The molecule has 3 aromatic rings. The molecule has 3 rings (SSSR count). The van der Waals surface area contributed by atoms with Gasteiger partial charge in [-0.1, -0.05) is 54.6 Å². The summed E-state index contributed by atoms with van der Waals surface area (Å²) in [5.74, 6) is -0.645. The van der Waals surface area contributed by atoms with Gasteiger partial charge in [0.25, 0.3) is 11.8 Å². The van der Waals surface area contributed by atoms with Crippen molar-refractivity contribution < 1.29 is 18.7 Å². The second kappa shape index (κ2) is 10.2. The van der Waals surface area contributed by atoms with Gasteiger partial charge >= 0.3 is 0 Å². The Morgan fingerprint density at radius 2 is 1.57 bits per heavy atom. The number of para-hydroxylation sites is 1. The van der Waals surface area contributed by atoms with E-state index >= 15 is 0 Å². The van der Waals surface area contributed by atoms with E-state index in [1.54, 1.807) is 43.3 Å². The molecule has 0 spiro atoms. The highest BCUT2D eigenvalue weighted by Gasteiger charge is 2.13. The lowest BCUT2D eigenvalue weighted by Crippen LogP contribution is -2.29. The molecule has 0 saturated carbocycles. The summed E-state index contributed by atoms with van der Waals surface area (Å²) in [6.07, 6.45) is 0. The van der Waals surface area contributed by atoms with Crippen LogP contribution in [0.3, 0.4) is 0 Å². The molecule has 3 aromatic carbocycles. The number of carbonyl (C=O) groups excluding carboxylic acids is 2. The third-order valence-corrected chi connectivity index (χ3v) is 4.51. The van der Waals surface area contributed by atoms with Gasteiger partial charge in [-0.05, 0) is 41.8 Å². The number of aryl methyl sites for hydroxylation is 1.